The molecule has 0 N–H and O–H groups in total. The zero-order valence-corrected chi connectivity index (χ0v) is 16.2. The third-order valence-corrected chi connectivity index (χ3v) is 8.28. The fraction of sp³-hybridized carbons (Fsp3) is 0.353. The van der Waals surface area contributed by atoms with Crippen LogP contribution in [0.25, 0.3) is 0 Å². The van der Waals surface area contributed by atoms with Gasteiger partial charge in [0.2, 0.25) is 5.91 Å². The van der Waals surface area contributed by atoms with Crippen molar-refractivity contribution in [1.29, 1.82) is 0 Å². The van der Waals surface area contributed by atoms with Gasteiger partial charge in [0.15, 0.2) is 0 Å². The van der Waals surface area contributed by atoms with E-state index in [9.17, 15) is 13.2 Å². The highest BCUT2D eigenvalue weighted by Gasteiger charge is 2.30. The van der Waals surface area contributed by atoms with Crippen LogP contribution in [0.4, 0.5) is 0 Å². The van der Waals surface area contributed by atoms with Crippen LogP contribution < -0.4 is 0 Å². The fourth-order valence-electron chi connectivity index (χ4n) is 2.64. The quantitative estimate of drug-likeness (QED) is 0.753. The van der Waals surface area contributed by atoms with E-state index >= 15 is 0 Å². The lowest BCUT2D eigenvalue weighted by Crippen LogP contribution is -2.50. The number of piperazine rings is 1. The summed E-state index contributed by atoms with van der Waals surface area (Å²) >= 11 is 2.82. The van der Waals surface area contributed by atoms with Crippen LogP contribution in [-0.4, -0.2) is 55.5 Å². The first-order chi connectivity index (χ1) is 12.1. The van der Waals surface area contributed by atoms with Gasteiger partial charge >= 0.3 is 0 Å². The van der Waals surface area contributed by atoms with Gasteiger partial charge < -0.3 is 4.90 Å². The van der Waals surface area contributed by atoms with Gasteiger partial charge in [-0.05, 0) is 17.0 Å². The highest BCUT2D eigenvalue weighted by molar-refractivity contribution is 7.99. The molecule has 1 saturated heterocycles. The van der Waals surface area contributed by atoms with Crippen molar-refractivity contribution in [3.8, 4) is 0 Å². The lowest BCUT2D eigenvalue weighted by molar-refractivity contribution is -0.129. The summed E-state index contributed by atoms with van der Waals surface area (Å²) in [5.41, 5.74) is 1.20. The number of nitrogens with zero attached hydrogens (tertiary/aromatic N) is 2. The van der Waals surface area contributed by atoms with E-state index in [0.717, 1.165) is 5.75 Å². The highest BCUT2D eigenvalue weighted by atomic mass is 32.2. The molecule has 0 aliphatic carbocycles. The largest absolute Gasteiger partial charge is 0.339 e. The van der Waals surface area contributed by atoms with Gasteiger partial charge in [0.05, 0.1) is 5.75 Å². The number of benzene rings is 1. The number of thiophene rings is 1. The van der Waals surface area contributed by atoms with Gasteiger partial charge in [-0.3, -0.25) is 4.79 Å². The molecule has 25 heavy (non-hydrogen) atoms. The Hall–Kier alpha value is -1.35. The van der Waals surface area contributed by atoms with Crippen LogP contribution in [0.5, 0.6) is 0 Å². The van der Waals surface area contributed by atoms with E-state index in [-0.39, 0.29) is 5.91 Å². The molecule has 1 aliphatic rings. The molecule has 0 atom stereocenters. The standard InChI is InChI=1S/C17H20N2O3S3/c20-16(14-23-13-15-5-2-1-3-6-15)18-8-10-19(11-9-18)25(21,22)17-7-4-12-24-17/h1-7,12H,8-11,13-14H2. The predicted molar refractivity (Wildman–Crippen MR) is 102 cm³/mol. The molecular formula is C17H20N2O3S3. The summed E-state index contributed by atoms with van der Waals surface area (Å²) in [7, 11) is -3.41. The summed E-state index contributed by atoms with van der Waals surface area (Å²) < 4.78 is 26.8. The van der Waals surface area contributed by atoms with E-state index in [2.05, 4.69) is 0 Å². The minimum absolute atomic E-state index is 0.0779. The SMILES string of the molecule is O=C(CSCc1ccccc1)N1CCN(S(=O)(=O)c2cccs2)CC1. The van der Waals surface area contributed by atoms with E-state index < -0.39 is 10.0 Å². The molecule has 0 unspecified atom stereocenters. The van der Waals surface area contributed by atoms with Gasteiger partial charge in [0.1, 0.15) is 4.21 Å². The van der Waals surface area contributed by atoms with Crippen LogP contribution in [0.1, 0.15) is 5.56 Å². The first-order valence-corrected chi connectivity index (χ1v) is 11.5. The minimum Gasteiger partial charge on any atom is -0.339 e. The van der Waals surface area contributed by atoms with Gasteiger partial charge in [-0.15, -0.1) is 23.1 Å². The highest BCUT2D eigenvalue weighted by Crippen LogP contribution is 2.22. The third-order valence-electron chi connectivity index (χ3n) is 4.02. The number of hydrogen-bond acceptors (Lipinski definition) is 5. The summed E-state index contributed by atoms with van der Waals surface area (Å²) in [6.45, 7) is 1.62. The Morgan fingerprint density at radius 3 is 2.40 bits per heavy atom. The summed E-state index contributed by atoms with van der Waals surface area (Å²) in [5.74, 6) is 1.31. The van der Waals surface area contributed by atoms with Crippen molar-refractivity contribution >= 4 is 39.0 Å². The first-order valence-electron chi connectivity index (χ1n) is 8.00. The van der Waals surface area contributed by atoms with Crippen molar-refractivity contribution in [2.24, 2.45) is 0 Å². The van der Waals surface area contributed by atoms with Gasteiger partial charge in [-0.2, -0.15) is 4.31 Å². The summed E-state index contributed by atoms with van der Waals surface area (Å²) in [5, 5.41) is 1.76. The Morgan fingerprint density at radius 2 is 1.76 bits per heavy atom. The predicted octanol–water partition coefficient (Wildman–Crippen LogP) is 2.51. The maximum Gasteiger partial charge on any atom is 0.252 e. The topological polar surface area (TPSA) is 57.7 Å². The van der Waals surface area contributed by atoms with E-state index in [1.165, 1.54) is 21.2 Å². The second kappa shape index (κ2) is 8.35. The van der Waals surface area contributed by atoms with Gasteiger partial charge in [0, 0.05) is 31.9 Å². The molecule has 0 saturated carbocycles. The normalized spacial score (nSPS) is 16.1. The Labute approximate surface area is 156 Å². The maximum atomic E-state index is 12.5. The zero-order valence-electron chi connectivity index (χ0n) is 13.7. The molecule has 1 aromatic carbocycles. The van der Waals surface area contributed by atoms with Crippen molar-refractivity contribution in [2.45, 2.75) is 9.96 Å². The molecule has 5 nitrogen and oxygen atoms in total. The second-order valence-corrected chi connectivity index (χ2v) is 9.79. The molecule has 2 heterocycles. The van der Waals surface area contributed by atoms with Gasteiger partial charge in [0.25, 0.3) is 10.0 Å². The van der Waals surface area contributed by atoms with Crippen LogP contribution in [-0.2, 0) is 20.6 Å². The van der Waals surface area contributed by atoms with Crippen molar-refractivity contribution < 1.29 is 13.2 Å². The molecule has 0 bridgehead atoms. The second-order valence-electron chi connectivity index (χ2n) is 5.70. The molecule has 1 fully saturated rings. The van der Waals surface area contributed by atoms with Crippen LogP contribution in [0.15, 0.2) is 52.1 Å². The molecule has 0 spiro atoms. The zero-order chi connectivity index (χ0) is 17.7. The monoisotopic (exact) mass is 396 g/mol. The lowest BCUT2D eigenvalue weighted by Gasteiger charge is -2.33. The number of carbonyl (C=O) groups excluding carboxylic acids is 1. The molecule has 3 rings (SSSR count). The van der Waals surface area contributed by atoms with Crippen molar-refractivity contribution in [1.82, 2.24) is 9.21 Å². The Balaban J connectivity index is 1.46. The maximum absolute atomic E-state index is 12.5. The first kappa shape index (κ1) is 18.4. The molecule has 1 aromatic heterocycles. The molecule has 2 aromatic rings. The van der Waals surface area contributed by atoms with E-state index in [4.69, 9.17) is 0 Å². The Kier molecular flexibility index (Phi) is 6.16. The number of amides is 1. The molecule has 134 valence electrons. The number of sulfonamides is 1. The van der Waals surface area contributed by atoms with Crippen LogP contribution in [0.3, 0.4) is 0 Å². The average Bonchev–Trinajstić information content (AvgIpc) is 3.18. The number of thioether (sulfide) groups is 1. The van der Waals surface area contributed by atoms with Crippen molar-refractivity contribution in [3.63, 3.8) is 0 Å². The van der Waals surface area contributed by atoms with Crippen LogP contribution in [0, 0.1) is 0 Å². The van der Waals surface area contributed by atoms with Gasteiger partial charge in [-0.1, -0.05) is 36.4 Å². The van der Waals surface area contributed by atoms with Crippen LogP contribution in [0.2, 0.25) is 0 Å². The summed E-state index contributed by atoms with van der Waals surface area (Å²) in [6, 6.07) is 13.4. The summed E-state index contributed by atoms with van der Waals surface area (Å²) in [6.07, 6.45) is 0. The Morgan fingerprint density at radius 1 is 1.04 bits per heavy atom. The third kappa shape index (κ3) is 4.63. The van der Waals surface area contributed by atoms with Crippen molar-refractivity contribution in [2.75, 3.05) is 31.9 Å². The molecular weight excluding hydrogens is 376 g/mol. The molecule has 1 amide bonds. The number of carbonyl (C=O) groups is 1. The van der Waals surface area contributed by atoms with Crippen molar-refractivity contribution in [3.05, 3.63) is 53.4 Å². The molecule has 8 heteroatoms. The van der Waals surface area contributed by atoms with Gasteiger partial charge in [-0.25, -0.2) is 8.42 Å². The van der Waals surface area contributed by atoms with Crippen LogP contribution >= 0.6 is 23.1 Å². The number of rotatable bonds is 6. The smallest absolute Gasteiger partial charge is 0.252 e. The fourth-order valence-corrected chi connectivity index (χ4v) is 6.09. The van der Waals surface area contributed by atoms with E-state index in [1.54, 1.807) is 34.2 Å². The molecule has 1 aliphatic heterocycles. The lowest BCUT2D eigenvalue weighted by atomic mass is 10.2. The average molecular weight is 397 g/mol. The van der Waals surface area contributed by atoms with E-state index in [1.807, 2.05) is 30.3 Å². The van der Waals surface area contributed by atoms with E-state index in [0.29, 0.717) is 36.1 Å². The Bertz CT molecular complexity index is 784. The minimum atomic E-state index is -3.41. The summed E-state index contributed by atoms with van der Waals surface area (Å²) in [4.78, 5) is 14.1. The number of hydrogen-bond donors (Lipinski definition) is 0. The molecule has 0 radical (unpaired) electrons.